The van der Waals surface area contributed by atoms with Gasteiger partial charge in [0.05, 0.1) is 18.3 Å². The van der Waals surface area contributed by atoms with Crippen molar-refractivity contribution in [1.29, 1.82) is 0 Å². The van der Waals surface area contributed by atoms with Crippen molar-refractivity contribution < 1.29 is 19.2 Å². The molecule has 2 heterocycles. The van der Waals surface area contributed by atoms with Gasteiger partial charge in [-0.1, -0.05) is 32.9 Å². The van der Waals surface area contributed by atoms with Gasteiger partial charge in [0.15, 0.2) is 5.75 Å². The van der Waals surface area contributed by atoms with Crippen LogP contribution in [-0.2, 0) is 11.4 Å². The number of thioether (sulfide) groups is 1. The Labute approximate surface area is 192 Å². The average molecular weight is 459 g/mol. The minimum Gasteiger partial charge on any atom is -0.408 e. The molecule has 1 aliphatic heterocycles. The number of aromatic nitrogens is 1. The number of rotatable bonds is 5. The number of nitrogens with zero attached hydrogens (tertiary/aromatic N) is 2. The minimum atomic E-state index is -0.872. The molecule has 8 nitrogen and oxygen atoms in total. The highest BCUT2D eigenvalue weighted by molar-refractivity contribution is 7.98. The Morgan fingerprint density at radius 3 is 2.19 bits per heavy atom. The van der Waals surface area contributed by atoms with Crippen LogP contribution in [0.4, 0.5) is 9.59 Å². The van der Waals surface area contributed by atoms with Gasteiger partial charge in [-0.15, -0.1) is 16.8 Å². The van der Waals surface area contributed by atoms with Gasteiger partial charge in [-0.2, -0.15) is 0 Å². The first kappa shape index (κ1) is 22.5. The van der Waals surface area contributed by atoms with Crippen molar-refractivity contribution in [2.75, 3.05) is 12.8 Å². The molecular weight excluding hydrogens is 428 g/mol. The summed E-state index contributed by atoms with van der Waals surface area (Å²) in [6, 6.07) is 7.85. The number of fused-ring (bicyclic) bond motifs is 1. The number of hydrogen-bond acceptors (Lipinski definition) is 6. The molecule has 4 rings (SSSR count). The fourth-order valence-electron chi connectivity index (χ4n) is 4.69. The fraction of sp³-hybridized carbons (Fsp3) is 0.478. The molecule has 0 saturated heterocycles. The zero-order valence-electron chi connectivity index (χ0n) is 18.9. The van der Waals surface area contributed by atoms with Crippen LogP contribution in [0.15, 0.2) is 29.2 Å². The normalized spacial score (nSPS) is 18.8. The van der Waals surface area contributed by atoms with E-state index >= 15 is 0 Å². The maximum atomic E-state index is 12.0. The molecule has 172 valence electrons. The van der Waals surface area contributed by atoms with Gasteiger partial charge in [0, 0.05) is 28.6 Å². The van der Waals surface area contributed by atoms with E-state index in [0.29, 0.717) is 24.8 Å². The van der Waals surface area contributed by atoms with Crippen LogP contribution in [-0.4, -0.2) is 34.6 Å². The Morgan fingerprint density at radius 1 is 1.03 bits per heavy atom. The van der Waals surface area contributed by atoms with Crippen molar-refractivity contribution in [2.45, 2.75) is 57.0 Å². The Balaban J connectivity index is 1.98. The third-order valence-corrected chi connectivity index (χ3v) is 6.70. The average Bonchev–Trinajstić information content (AvgIpc) is 3.50. The van der Waals surface area contributed by atoms with E-state index in [2.05, 4.69) is 49.6 Å². The van der Waals surface area contributed by atoms with E-state index in [4.69, 9.17) is 21.0 Å². The van der Waals surface area contributed by atoms with Crippen LogP contribution in [0.2, 0.25) is 0 Å². The molecule has 1 aliphatic carbocycles. The number of hydrogen-bond donors (Lipinski definition) is 2. The van der Waals surface area contributed by atoms with Gasteiger partial charge in [0.2, 0.25) is 0 Å². The van der Waals surface area contributed by atoms with Crippen molar-refractivity contribution in [3.63, 3.8) is 0 Å². The molecule has 1 unspecified atom stereocenters. The predicted molar refractivity (Wildman–Crippen MR) is 123 cm³/mol. The van der Waals surface area contributed by atoms with E-state index in [1.54, 1.807) is 16.8 Å². The second kappa shape index (κ2) is 8.37. The number of benzene rings is 1. The zero-order valence-corrected chi connectivity index (χ0v) is 19.7. The van der Waals surface area contributed by atoms with Crippen LogP contribution in [0.3, 0.4) is 0 Å². The highest BCUT2D eigenvalue weighted by Crippen LogP contribution is 2.55. The molecule has 4 N–H and O–H groups in total. The van der Waals surface area contributed by atoms with Crippen LogP contribution in [0.25, 0.3) is 11.1 Å². The first-order valence-electron chi connectivity index (χ1n) is 10.7. The van der Waals surface area contributed by atoms with Crippen LogP contribution < -0.4 is 16.2 Å². The minimum absolute atomic E-state index is 0.359. The number of carbonyl (C=O) groups is 2. The lowest BCUT2D eigenvalue weighted by Gasteiger charge is -2.42. The van der Waals surface area contributed by atoms with Gasteiger partial charge in [-0.05, 0) is 42.2 Å². The second-order valence-electron chi connectivity index (χ2n) is 9.37. The number of ether oxygens (including phenoxy) is 1. The summed E-state index contributed by atoms with van der Waals surface area (Å²) >= 11 is 1.67. The molecule has 1 aromatic carbocycles. The highest BCUT2D eigenvalue weighted by Gasteiger charge is 2.46. The lowest BCUT2D eigenvalue weighted by Crippen LogP contribution is -2.46. The van der Waals surface area contributed by atoms with Crippen molar-refractivity contribution in [1.82, 2.24) is 9.63 Å². The number of hydroxylamine groups is 2. The summed E-state index contributed by atoms with van der Waals surface area (Å²) in [5.41, 5.74) is 14.3. The SMILES string of the molecule is CSc1ccc(-c2c(OC(N)=O)c3n(c2C2CC2)CCN(OC(N)=O)C3C(C)(C)C)cc1. The standard InChI is InChI=1S/C23H30N4O4S/c1-23(2,3)20-18-19(30-21(24)28)16(13-7-9-15(32-4)10-8-13)17(14-5-6-14)26(18)11-12-27(20)31-22(25)29/h7-10,14,20H,5-6,11-12H2,1-4H3,(H2,24,28)(H2,25,29). The van der Waals surface area contributed by atoms with E-state index in [1.165, 1.54) is 0 Å². The van der Waals surface area contributed by atoms with Gasteiger partial charge in [-0.25, -0.2) is 9.59 Å². The van der Waals surface area contributed by atoms with Gasteiger partial charge in [0.25, 0.3) is 0 Å². The fourth-order valence-corrected chi connectivity index (χ4v) is 5.09. The van der Waals surface area contributed by atoms with Gasteiger partial charge in [-0.3, -0.25) is 0 Å². The number of primary amides is 2. The molecule has 2 aliphatic rings. The maximum Gasteiger partial charge on any atom is 0.423 e. The lowest BCUT2D eigenvalue weighted by atomic mass is 9.83. The summed E-state index contributed by atoms with van der Waals surface area (Å²) in [5.74, 6) is 0.826. The van der Waals surface area contributed by atoms with Crippen molar-refractivity contribution in [3.05, 3.63) is 35.7 Å². The maximum absolute atomic E-state index is 12.0. The smallest absolute Gasteiger partial charge is 0.408 e. The van der Waals surface area contributed by atoms with Crippen LogP contribution in [0.1, 0.15) is 57.0 Å². The van der Waals surface area contributed by atoms with Gasteiger partial charge in [0.1, 0.15) is 0 Å². The molecule has 0 bridgehead atoms. The molecular formula is C23H30N4O4S. The molecule has 1 fully saturated rings. The third-order valence-electron chi connectivity index (χ3n) is 5.96. The Hall–Kier alpha value is -2.65. The molecule has 1 aromatic heterocycles. The van der Waals surface area contributed by atoms with Crippen molar-refractivity contribution in [3.8, 4) is 16.9 Å². The van der Waals surface area contributed by atoms with Crippen LogP contribution >= 0.6 is 11.8 Å². The molecule has 1 saturated carbocycles. The van der Waals surface area contributed by atoms with Crippen molar-refractivity contribution >= 4 is 23.9 Å². The van der Waals surface area contributed by atoms with E-state index in [1.807, 2.05) is 6.26 Å². The molecule has 0 spiro atoms. The first-order chi connectivity index (χ1) is 15.1. The third kappa shape index (κ3) is 4.19. The molecule has 9 heteroatoms. The first-order valence-corrected chi connectivity index (χ1v) is 12.0. The number of amides is 2. The second-order valence-corrected chi connectivity index (χ2v) is 10.2. The quantitative estimate of drug-likeness (QED) is 0.632. The monoisotopic (exact) mass is 458 g/mol. The summed E-state index contributed by atoms with van der Waals surface area (Å²) in [4.78, 5) is 30.2. The largest absolute Gasteiger partial charge is 0.423 e. The van der Waals surface area contributed by atoms with Gasteiger partial charge >= 0.3 is 12.2 Å². The summed E-state index contributed by atoms with van der Waals surface area (Å²) in [7, 11) is 0. The van der Waals surface area contributed by atoms with Gasteiger partial charge < -0.3 is 25.6 Å². The molecule has 32 heavy (non-hydrogen) atoms. The Kier molecular flexibility index (Phi) is 5.89. The topological polar surface area (TPSA) is 113 Å². The van der Waals surface area contributed by atoms with E-state index in [-0.39, 0.29) is 11.5 Å². The number of carbonyl (C=O) groups excluding carboxylic acids is 2. The predicted octanol–water partition coefficient (Wildman–Crippen LogP) is 4.63. The van der Waals surface area contributed by atoms with Crippen LogP contribution in [0.5, 0.6) is 5.75 Å². The summed E-state index contributed by atoms with van der Waals surface area (Å²) < 4.78 is 7.95. The molecule has 2 amide bonds. The summed E-state index contributed by atoms with van der Waals surface area (Å²) in [6.45, 7) is 7.21. The Morgan fingerprint density at radius 2 is 1.69 bits per heavy atom. The van der Waals surface area contributed by atoms with E-state index < -0.39 is 12.2 Å². The Bertz CT molecular complexity index is 1040. The highest BCUT2D eigenvalue weighted by atomic mass is 32.2. The molecule has 2 aromatic rings. The summed E-state index contributed by atoms with van der Waals surface area (Å²) in [5, 5.41) is 1.60. The van der Waals surface area contributed by atoms with Crippen LogP contribution in [0, 0.1) is 5.41 Å². The molecule has 0 radical (unpaired) electrons. The van der Waals surface area contributed by atoms with E-state index in [0.717, 1.165) is 40.3 Å². The number of nitrogens with two attached hydrogens (primary N) is 2. The summed E-state index contributed by atoms with van der Waals surface area (Å²) in [6.07, 6.45) is 2.45. The lowest BCUT2D eigenvalue weighted by molar-refractivity contribution is -0.168. The zero-order chi connectivity index (χ0) is 23.2. The molecule has 1 atom stereocenters. The van der Waals surface area contributed by atoms with Crippen molar-refractivity contribution in [2.24, 2.45) is 16.9 Å². The van der Waals surface area contributed by atoms with E-state index in [9.17, 15) is 9.59 Å².